The summed E-state index contributed by atoms with van der Waals surface area (Å²) in [7, 11) is 1.90. The molecule has 0 bridgehead atoms. The molecule has 0 aliphatic carbocycles. The number of aromatic nitrogens is 5. The molecule has 3 aromatic heterocycles. The summed E-state index contributed by atoms with van der Waals surface area (Å²) in [6.45, 7) is 6.02. The number of rotatable bonds is 4. The van der Waals surface area contributed by atoms with Crippen LogP contribution in [0.4, 0.5) is 5.69 Å². The lowest BCUT2D eigenvalue weighted by Crippen LogP contribution is -2.43. The smallest absolute Gasteiger partial charge is 0.182 e. The highest BCUT2D eigenvalue weighted by molar-refractivity contribution is 9.10. The lowest BCUT2D eigenvalue weighted by atomic mass is 10.2. The fourth-order valence-corrected chi connectivity index (χ4v) is 4.12. The molecule has 1 saturated heterocycles. The number of H-pyrrole nitrogens is 1. The summed E-state index contributed by atoms with van der Waals surface area (Å²) in [5, 5.41) is 7.78. The van der Waals surface area contributed by atoms with Crippen LogP contribution in [0.1, 0.15) is 5.69 Å². The summed E-state index contributed by atoms with van der Waals surface area (Å²) in [6.07, 6.45) is 3.66. The fraction of sp³-hybridized carbons (Fsp3) is 0.286. The number of nitrogens with one attached hydrogen (secondary N) is 2. The van der Waals surface area contributed by atoms with Crippen LogP contribution in [0.2, 0.25) is 0 Å². The van der Waals surface area contributed by atoms with E-state index in [1.165, 1.54) is 5.69 Å². The third-order valence-corrected chi connectivity index (χ3v) is 5.80. The van der Waals surface area contributed by atoms with Crippen LogP contribution in [-0.4, -0.2) is 50.9 Å². The first-order chi connectivity index (χ1) is 14.6. The molecule has 5 rings (SSSR count). The molecular formula is C21H22BrN7O. The van der Waals surface area contributed by atoms with Gasteiger partial charge < -0.3 is 19.9 Å². The van der Waals surface area contributed by atoms with Crippen molar-refractivity contribution in [1.82, 2.24) is 30.0 Å². The number of hydrogen-bond acceptors (Lipinski definition) is 6. The van der Waals surface area contributed by atoms with E-state index >= 15 is 0 Å². The van der Waals surface area contributed by atoms with Gasteiger partial charge in [-0.05, 0) is 47.1 Å². The Morgan fingerprint density at radius 3 is 2.60 bits per heavy atom. The molecular weight excluding hydrogens is 446 g/mol. The number of nitrogens with zero attached hydrogens (tertiary/aromatic N) is 5. The Morgan fingerprint density at radius 1 is 1.13 bits per heavy atom. The molecule has 1 aromatic carbocycles. The third kappa shape index (κ3) is 3.54. The van der Waals surface area contributed by atoms with Crippen LogP contribution in [-0.2, 0) is 7.05 Å². The van der Waals surface area contributed by atoms with Crippen molar-refractivity contribution in [2.24, 2.45) is 7.05 Å². The number of pyridine rings is 1. The number of fused-ring (bicyclic) bond motifs is 1. The molecule has 0 spiro atoms. The van der Waals surface area contributed by atoms with Gasteiger partial charge in [0.1, 0.15) is 17.1 Å². The highest BCUT2D eigenvalue weighted by atomic mass is 79.9. The Hall–Kier alpha value is -2.91. The van der Waals surface area contributed by atoms with E-state index in [0.717, 1.165) is 59.0 Å². The number of anilines is 1. The molecule has 0 atom stereocenters. The largest absolute Gasteiger partial charge is 0.454 e. The molecule has 30 heavy (non-hydrogen) atoms. The van der Waals surface area contributed by atoms with Crippen LogP contribution in [0, 0.1) is 6.92 Å². The minimum absolute atomic E-state index is 0.601. The lowest BCUT2D eigenvalue weighted by Gasteiger charge is -2.29. The Bertz CT molecular complexity index is 1190. The minimum Gasteiger partial charge on any atom is -0.454 e. The van der Waals surface area contributed by atoms with Gasteiger partial charge in [0.2, 0.25) is 0 Å². The number of hydrogen-bond donors (Lipinski definition) is 2. The minimum atomic E-state index is 0.601. The molecule has 0 radical (unpaired) electrons. The third-order valence-electron chi connectivity index (χ3n) is 5.24. The maximum atomic E-state index is 6.24. The standard InChI is InChI=1S/C21H22BrN7O/c1-13-16(12-28(2)27-13)20-25-18-19(17(22)11-24-21(18)26-20)30-15-5-3-14(4-6-15)29-9-7-23-8-10-29/h3-6,11-12,23H,7-10H2,1-2H3,(H,24,25,26). The summed E-state index contributed by atoms with van der Waals surface area (Å²) in [5.74, 6) is 2.14. The van der Waals surface area contributed by atoms with Crippen molar-refractivity contribution in [3.63, 3.8) is 0 Å². The van der Waals surface area contributed by atoms with E-state index in [9.17, 15) is 0 Å². The van der Waals surface area contributed by atoms with Gasteiger partial charge >= 0.3 is 0 Å². The van der Waals surface area contributed by atoms with Crippen molar-refractivity contribution in [2.75, 3.05) is 31.1 Å². The van der Waals surface area contributed by atoms with Gasteiger partial charge in [-0.15, -0.1) is 0 Å². The highest BCUT2D eigenvalue weighted by Crippen LogP contribution is 2.36. The van der Waals surface area contributed by atoms with Crippen LogP contribution >= 0.6 is 15.9 Å². The summed E-state index contributed by atoms with van der Waals surface area (Å²) < 4.78 is 8.78. The monoisotopic (exact) mass is 467 g/mol. The number of halogens is 1. The van der Waals surface area contributed by atoms with Gasteiger partial charge in [-0.1, -0.05) is 0 Å². The molecule has 4 aromatic rings. The van der Waals surface area contributed by atoms with Crippen molar-refractivity contribution in [3.05, 3.63) is 46.8 Å². The van der Waals surface area contributed by atoms with E-state index in [0.29, 0.717) is 11.4 Å². The van der Waals surface area contributed by atoms with Crippen molar-refractivity contribution < 1.29 is 4.74 Å². The molecule has 0 amide bonds. The van der Waals surface area contributed by atoms with Crippen LogP contribution < -0.4 is 15.0 Å². The van der Waals surface area contributed by atoms with E-state index in [-0.39, 0.29) is 0 Å². The highest BCUT2D eigenvalue weighted by Gasteiger charge is 2.17. The summed E-state index contributed by atoms with van der Waals surface area (Å²) in [6, 6.07) is 8.20. The van der Waals surface area contributed by atoms with Crippen molar-refractivity contribution in [1.29, 1.82) is 0 Å². The molecule has 2 N–H and O–H groups in total. The zero-order chi connectivity index (χ0) is 20.7. The molecule has 154 valence electrons. The second-order valence-corrected chi connectivity index (χ2v) is 8.21. The SMILES string of the molecule is Cc1nn(C)cc1-c1nc2ncc(Br)c(Oc3ccc(N4CCNCC4)cc3)c2[nH]1. The van der Waals surface area contributed by atoms with E-state index in [2.05, 4.69) is 58.3 Å². The topological polar surface area (TPSA) is 83.9 Å². The van der Waals surface area contributed by atoms with E-state index in [4.69, 9.17) is 4.74 Å². The first-order valence-electron chi connectivity index (χ1n) is 9.87. The molecule has 4 heterocycles. The molecule has 1 aliphatic rings. The van der Waals surface area contributed by atoms with Gasteiger partial charge in [0.25, 0.3) is 0 Å². The number of imidazole rings is 1. The summed E-state index contributed by atoms with van der Waals surface area (Å²) in [5.41, 5.74) is 4.40. The van der Waals surface area contributed by atoms with Crippen LogP contribution in [0.5, 0.6) is 11.5 Å². The molecule has 0 saturated carbocycles. The van der Waals surface area contributed by atoms with Gasteiger partial charge in [-0.3, -0.25) is 4.68 Å². The fourth-order valence-electron chi connectivity index (χ4n) is 3.74. The number of piperazine rings is 1. The maximum Gasteiger partial charge on any atom is 0.182 e. The van der Waals surface area contributed by atoms with Gasteiger partial charge in [-0.2, -0.15) is 5.10 Å². The molecule has 0 unspecified atom stereocenters. The van der Waals surface area contributed by atoms with E-state index in [1.807, 2.05) is 32.3 Å². The van der Waals surface area contributed by atoms with Gasteiger partial charge in [-0.25, -0.2) is 9.97 Å². The summed E-state index contributed by atoms with van der Waals surface area (Å²) in [4.78, 5) is 14.8. The normalized spacial score (nSPS) is 14.4. The quantitative estimate of drug-likeness (QED) is 0.476. The van der Waals surface area contributed by atoms with Gasteiger partial charge in [0, 0.05) is 51.3 Å². The van der Waals surface area contributed by atoms with Crippen LogP contribution in [0.3, 0.4) is 0 Å². The van der Waals surface area contributed by atoms with Crippen LogP contribution in [0.25, 0.3) is 22.6 Å². The predicted molar refractivity (Wildman–Crippen MR) is 120 cm³/mol. The number of benzene rings is 1. The second kappa shape index (κ2) is 7.73. The average molecular weight is 468 g/mol. The van der Waals surface area contributed by atoms with Crippen molar-refractivity contribution in [2.45, 2.75) is 6.92 Å². The zero-order valence-electron chi connectivity index (χ0n) is 16.8. The summed E-state index contributed by atoms with van der Waals surface area (Å²) >= 11 is 3.57. The van der Waals surface area contributed by atoms with Gasteiger partial charge in [0.15, 0.2) is 11.4 Å². The Kier molecular flexibility index (Phi) is 4.92. The zero-order valence-corrected chi connectivity index (χ0v) is 18.4. The molecule has 8 nitrogen and oxygen atoms in total. The molecule has 9 heteroatoms. The Balaban J connectivity index is 1.46. The number of aryl methyl sites for hydroxylation is 2. The maximum absolute atomic E-state index is 6.24. The van der Waals surface area contributed by atoms with Crippen molar-refractivity contribution >= 4 is 32.8 Å². The second-order valence-electron chi connectivity index (χ2n) is 7.35. The number of ether oxygens (including phenoxy) is 1. The number of aromatic amines is 1. The first kappa shape index (κ1) is 19.1. The van der Waals surface area contributed by atoms with Gasteiger partial charge in [0.05, 0.1) is 15.7 Å². The molecule has 1 fully saturated rings. The van der Waals surface area contributed by atoms with Crippen molar-refractivity contribution in [3.8, 4) is 22.9 Å². The Labute approximate surface area is 182 Å². The van der Waals surface area contributed by atoms with Crippen LogP contribution in [0.15, 0.2) is 41.1 Å². The average Bonchev–Trinajstić information content (AvgIpc) is 3.34. The lowest BCUT2D eigenvalue weighted by molar-refractivity contribution is 0.483. The van der Waals surface area contributed by atoms with E-state index < -0.39 is 0 Å². The first-order valence-corrected chi connectivity index (χ1v) is 10.7. The van der Waals surface area contributed by atoms with E-state index in [1.54, 1.807) is 10.9 Å². The predicted octanol–water partition coefficient (Wildman–Crippen LogP) is 3.63. The molecule has 1 aliphatic heterocycles. The Morgan fingerprint density at radius 2 is 1.90 bits per heavy atom.